The second kappa shape index (κ2) is 6.17. The first kappa shape index (κ1) is 16.9. The van der Waals surface area contributed by atoms with Gasteiger partial charge in [0.15, 0.2) is 5.69 Å². The van der Waals surface area contributed by atoms with Gasteiger partial charge in [-0.15, -0.1) is 0 Å². The van der Waals surface area contributed by atoms with Crippen molar-refractivity contribution >= 4 is 11.3 Å². The number of hydrogen-bond acceptors (Lipinski definition) is 5. The molecule has 0 saturated carbocycles. The molecule has 0 radical (unpaired) electrons. The van der Waals surface area contributed by atoms with Crippen LogP contribution in [0.15, 0.2) is 15.0 Å². The van der Waals surface area contributed by atoms with Crippen molar-refractivity contribution in [2.45, 2.75) is 39.2 Å². The molecule has 10 heteroatoms. The fraction of sp³-hybridized carbons (Fsp3) is 0.500. The third kappa shape index (κ3) is 3.03. The summed E-state index contributed by atoms with van der Waals surface area (Å²) in [6, 6.07) is 0. The standard InChI is InChI=1S/C14H15F3N4O2S/c1-8-7-24-13(23)20(8)4-5-21-12(22)9-2-3-18-6-10(9)11(19-21)14(15,16)17/h7,18H,2-6H2,1H3. The minimum atomic E-state index is -4.63. The topological polar surface area (TPSA) is 68.9 Å². The molecule has 2 aromatic rings. The van der Waals surface area contributed by atoms with Crippen molar-refractivity contribution in [2.75, 3.05) is 6.54 Å². The Bertz CT molecular complexity index is 882. The van der Waals surface area contributed by atoms with Gasteiger partial charge in [-0.3, -0.25) is 9.59 Å². The van der Waals surface area contributed by atoms with Crippen molar-refractivity contribution < 1.29 is 13.2 Å². The Labute approximate surface area is 138 Å². The summed E-state index contributed by atoms with van der Waals surface area (Å²) in [6.45, 7) is 2.19. The Morgan fingerprint density at radius 2 is 2.04 bits per heavy atom. The van der Waals surface area contributed by atoms with E-state index < -0.39 is 17.4 Å². The van der Waals surface area contributed by atoms with Crippen molar-refractivity contribution in [1.29, 1.82) is 0 Å². The lowest BCUT2D eigenvalue weighted by molar-refractivity contribution is -0.143. The molecule has 0 saturated heterocycles. The van der Waals surface area contributed by atoms with Crippen LogP contribution in [0.3, 0.4) is 0 Å². The zero-order chi connectivity index (χ0) is 17.5. The number of aromatic nitrogens is 3. The predicted molar refractivity (Wildman–Crippen MR) is 82.2 cm³/mol. The summed E-state index contributed by atoms with van der Waals surface area (Å²) in [5.41, 5.74) is -0.750. The van der Waals surface area contributed by atoms with Crippen molar-refractivity contribution in [3.63, 3.8) is 0 Å². The van der Waals surface area contributed by atoms with E-state index in [-0.39, 0.29) is 42.1 Å². The van der Waals surface area contributed by atoms with E-state index in [0.717, 1.165) is 16.0 Å². The molecule has 0 unspecified atom stereocenters. The number of rotatable bonds is 3. The summed E-state index contributed by atoms with van der Waals surface area (Å²) >= 11 is 1.01. The second-order valence-corrected chi connectivity index (χ2v) is 6.37. The molecule has 1 N–H and O–H groups in total. The number of hydrogen-bond donors (Lipinski definition) is 1. The third-order valence-electron chi connectivity index (χ3n) is 4.00. The minimum absolute atomic E-state index is 0.0175. The van der Waals surface area contributed by atoms with E-state index in [0.29, 0.717) is 12.2 Å². The van der Waals surface area contributed by atoms with Gasteiger partial charge >= 0.3 is 11.0 Å². The molecule has 0 atom stereocenters. The molecular weight excluding hydrogens is 345 g/mol. The van der Waals surface area contributed by atoms with Gasteiger partial charge in [0.25, 0.3) is 5.56 Å². The first-order valence-corrected chi connectivity index (χ1v) is 8.22. The normalized spacial score (nSPS) is 14.7. The highest BCUT2D eigenvalue weighted by atomic mass is 32.1. The summed E-state index contributed by atoms with van der Waals surface area (Å²) in [5.74, 6) is 0. The molecule has 3 rings (SSSR count). The number of aryl methyl sites for hydroxylation is 2. The largest absolute Gasteiger partial charge is 0.435 e. The van der Waals surface area contributed by atoms with Gasteiger partial charge < -0.3 is 9.88 Å². The Hall–Kier alpha value is -1.94. The van der Waals surface area contributed by atoms with Crippen LogP contribution in [0, 0.1) is 6.92 Å². The van der Waals surface area contributed by atoms with Gasteiger partial charge in [-0.25, -0.2) is 4.68 Å². The van der Waals surface area contributed by atoms with Crippen molar-refractivity contribution in [3.8, 4) is 0 Å². The number of fused-ring (bicyclic) bond motifs is 1. The van der Waals surface area contributed by atoms with Crippen LogP contribution in [0.1, 0.15) is 22.5 Å². The molecule has 0 aromatic carbocycles. The molecule has 0 spiro atoms. The molecule has 0 aliphatic carbocycles. The molecule has 2 aromatic heterocycles. The molecule has 24 heavy (non-hydrogen) atoms. The van der Waals surface area contributed by atoms with Crippen LogP contribution in [0.4, 0.5) is 13.2 Å². The monoisotopic (exact) mass is 360 g/mol. The van der Waals surface area contributed by atoms with Crippen LogP contribution < -0.4 is 15.7 Å². The van der Waals surface area contributed by atoms with Crippen LogP contribution in [0.25, 0.3) is 0 Å². The lowest BCUT2D eigenvalue weighted by atomic mass is 10.0. The Morgan fingerprint density at radius 3 is 2.67 bits per heavy atom. The zero-order valence-corrected chi connectivity index (χ0v) is 13.6. The zero-order valence-electron chi connectivity index (χ0n) is 12.8. The number of alkyl halides is 3. The van der Waals surface area contributed by atoms with E-state index in [4.69, 9.17) is 0 Å². The molecule has 0 fully saturated rings. The smallest absolute Gasteiger partial charge is 0.312 e. The third-order valence-corrected chi connectivity index (χ3v) is 4.88. The van der Waals surface area contributed by atoms with Crippen molar-refractivity contribution in [1.82, 2.24) is 19.7 Å². The van der Waals surface area contributed by atoms with E-state index in [1.807, 2.05) is 0 Å². The van der Waals surface area contributed by atoms with Gasteiger partial charge in [0.1, 0.15) is 0 Å². The van der Waals surface area contributed by atoms with Gasteiger partial charge in [0, 0.05) is 35.3 Å². The molecule has 0 amide bonds. The van der Waals surface area contributed by atoms with E-state index in [1.54, 1.807) is 12.3 Å². The first-order valence-electron chi connectivity index (χ1n) is 7.34. The van der Waals surface area contributed by atoms with Crippen LogP contribution in [0.5, 0.6) is 0 Å². The van der Waals surface area contributed by atoms with E-state index in [1.165, 1.54) is 4.57 Å². The average molecular weight is 360 g/mol. The number of nitrogens with zero attached hydrogens (tertiary/aromatic N) is 3. The van der Waals surface area contributed by atoms with Crippen molar-refractivity contribution in [2.24, 2.45) is 0 Å². The highest BCUT2D eigenvalue weighted by Crippen LogP contribution is 2.31. The minimum Gasteiger partial charge on any atom is -0.312 e. The van der Waals surface area contributed by atoms with Gasteiger partial charge in [0.05, 0.1) is 6.54 Å². The van der Waals surface area contributed by atoms with E-state index in [2.05, 4.69) is 10.4 Å². The van der Waals surface area contributed by atoms with Crippen LogP contribution in [0.2, 0.25) is 0 Å². The quantitative estimate of drug-likeness (QED) is 0.891. The summed E-state index contributed by atoms with van der Waals surface area (Å²) in [6.07, 6.45) is -4.40. The fourth-order valence-corrected chi connectivity index (χ4v) is 3.54. The maximum Gasteiger partial charge on any atom is 0.435 e. The Kier molecular flexibility index (Phi) is 4.35. The molecule has 6 nitrogen and oxygen atoms in total. The van der Waals surface area contributed by atoms with Gasteiger partial charge in [0.2, 0.25) is 0 Å². The maximum absolute atomic E-state index is 13.3. The summed E-state index contributed by atoms with van der Waals surface area (Å²) in [7, 11) is 0. The van der Waals surface area contributed by atoms with Crippen molar-refractivity contribution in [3.05, 3.63) is 47.9 Å². The molecule has 0 bridgehead atoms. The predicted octanol–water partition coefficient (Wildman–Crippen LogP) is 1.14. The van der Waals surface area contributed by atoms with Crippen LogP contribution in [-0.2, 0) is 32.2 Å². The molecule has 3 heterocycles. The summed E-state index contributed by atoms with van der Waals surface area (Å²) in [5, 5.41) is 8.04. The number of thiazole rings is 1. The van der Waals surface area contributed by atoms with E-state index >= 15 is 0 Å². The molecule has 1 aliphatic rings. The highest BCUT2D eigenvalue weighted by molar-refractivity contribution is 7.07. The number of nitrogens with one attached hydrogen (secondary N) is 1. The van der Waals surface area contributed by atoms with Crippen LogP contribution in [-0.4, -0.2) is 20.9 Å². The molecule has 130 valence electrons. The average Bonchev–Trinajstić information content (AvgIpc) is 2.84. The van der Waals surface area contributed by atoms with E-state index in [9.17, 15) is 22.8 Å². The van der Waals surface area contributed by atoms with Gasteiger partial charge in [-0.2, -0.15) is 18.3 Å². The van der Waals surface area contributed by atoms with Crippen LogP contribution >= 0.6 is 11.3 Å². The van der Waals surface area contributed by atoms with Gasteiger partial charge in [-0.1, -0.05) is 11.3 Å². The molecule has 1 aliphatic heterocycles. The highest BCUT2D eigenvalue weighted by Gasteiger charge is 2.38. The Morgan fingerprint density at radius 1 is 1.29 bits per heavy atom. The lowest BCUT2D eigenvalue weighted by Crippen LogP contribution is -2.38. The van der Waals surface area contributed by atoms with Gasteiger partial charge in [-0.05, 0) is 19.9 Å². The summed E-state index contributed by atoms with van der Waals surface area (Å²) in [4.78, 5) is 23.9. The Balaban J connectivity index is 2.02. The maximum atomic E-state index is 13.3. The number of halogens is 3. The lowest BCUT2D eigenvalue weighted by Gasteiger charge is -2.22. The fourth-order valence-electron chi connectivity index (χ4n) is 2.78. The summed E-state index contributed by atoms with van der Waals surface area (Å²) < 4.78 is 42.1. The SMILES string of the molecule is Cc1csc(=O)n1CCn1nc(C(F)(F)F)c2c(c1=O)CCNC2. The second-order valence-electron chi connectivity index (χ2n) is 5.55. The molecular formula is C14H15F3N4O2S. The first-order chi connectivity index (χ1) is 11.3.